The van der Waals surface area contributed by atoms with Crippen LogP contribution in [0.1, 0.15) is 46.0 Å². The molecule has 2 nitrogen and oxygen atoms in total. The zero-order chi connectivity index (χ0) is 10.7. The van der Waals surface area contributed by atoms with E-state index in [4.69, 9.17) is 4.74 Å². The molecule has 0 aromatic rings. The van der Waals surface area contributed by atoms with Crippen molar-refractivity contribution in [1.82, 2.24) is 5.32 Å². The van der Waals surface area contributed by atoms with E-state index in [0.29, 0.717) is 12.1 Å². The van der Waals surface area contributed by atoms with E-state index < -0.39 is 0 Å². The maximum atomic E-state index is 5.45. The Kier molecular flexibility index (Phi) is 4.04. The van der Waals surface area contributed by atoms with Crippen LogP contribution in [0.25, 0.3) is 0 Å². The summed E-state index contributed by atoms with van der Waals surface area (Å²) in [4.78, 5) is 0. The Bertz CT molecular complexity index is 163. The van der Waals surface area contributed by atoms with E-state index in [-0.39, 0.29) is 0 Å². The summed E-state index contributed by atoms with van der Waals surface area (Å²) in [6, 6.07) is 1.33. The number of hydrogen-bond donors (Lipinski definition) is 1. The molecular formula is C13H25NO. The maximum Gasteiger partial charge on any atom is 0.0509 e. The molecule has 1 saturated heterocycles. The van der Waals surface area contributed by atoms with Gasteiger partial charge >= 0.3 is 0 Å². The molecule has 2 heteroatoms. The van der Waals surface area contributed by atoms with Gasteiger partial charge in [-0.1, -0.05) is 12.8 Å². The standard InChI is InChI=1S/C13H25NO/c1-10(12-5-3-4-6-12)14-11(2)13-7-8-15-9-13/h10-14H,3-9H2,1-2H3. The lowest BCUT2D eigenvalue weighted by atomic mass is 9.95. The molecule has 3 atom stereocenters. The van der Waals surface area contributed by atoms with Gasteiger partial charge in [0.1, 0.15) is 0 Å². The summed E-state index contributed by atoms with van der Waals surface area (Å²) in [5.41, 5.74) is 0. The molecule has 15 heavy (non-hydrogen) atoms. The van der Waals surface area contributed by atoms with Crippen LogP contribution in [0.2, 0.25) is 0 Å². The predicted octanol–water partition coefficient (Wildman–Crippen LogP) is 2.58. The molecule has 0 radical (unpaired) electrons. The maximum absolute atomic E-state index is 5.45. The highest BCUT2D eigenvalue weighted by Crippen LogP contribution is 2.28. The van der Waals surface area contributed by atoms with Gasteiger partial charge in [-0.15, -0.1) is 0 Å². The average molecular weight is 211 g/mol. The summed E-state index contributed by atoms with van der Waals surface area (Å²) in [5.74, 6) is 1.67. The third-order valence-electron chi connectivity index (χ3n) is 4.30. The lowest BCUT2D eigenvalue weighted by molar-refractivity contribution is 0.174. The van der Waals surface area contributed by atoms with Crippen molar-refractivity contribution in [2.45, 2.75) is 58.0 Å². The SMILES string of the molecule is CC(NC(C)C1CCOC1)C1CCCC1. The van der Waals surface area contributed by atoms with Gasteiger partial charge in [0.15, 0.2) is 0 Å². The first-order valence-electron chi connectivity index (χ1n) is 6.61. The number of nitrogens with one attached hydrogen (secondary N) is 1. The molecule has 1 aliphatic heterocycles. The van der Waals surface area contributed by atoms with Gasteiger partial charge in [0.25, 0.3) is 0 Å². The first kappa shape index (κ1) is 11.4. The molecule has 3 unspecified atom stereocenters. The Morgan fingerprint density at radius 2 is 1.67 bits per heavy atom. The van der Waals surface area contributed by atoms with Crippen molar-refractivity contribution in [3.8, 4) is 0 Å². The smallest absolute Gasteiger partial charge is 0.0509 e. The third-order valence-corrected chi connectivity index (χ3v) is 4.30. The minimum atomic E-state index is 0.628. The second kappa shape index (κ2) is 5.31. The van der Waals surface area contributed by atoms with E-state index in [2.05, 4.69) is 19.2 Å². The third kappa shape index (κ3) is 2.94. The van der Waals surface area contributed by atoms with E-state index in [1.807, 2.05) is 0 Å². The van der Waals surface area contributed by atoms with Gasteiger partial charge in [-0.2, -0.15) is 0 Å². The van der Waals surface area contributed by atoms with Crippen molar-refractivity contribution in [1.29, 1.82) is 0 Å². The molecule has 1 aliphatic carbocycles. The fourth-order valence-electron chi connectivity index (χ4n) is 3.09. The lowest BCUT2D eigenvalue weighted by Gasteiger charge is -2.27. The molecule has 0 spiro atoms. The van der Waals surface area contributed by atoms with Crippen molar-refractivity contribution in [2.24, 2.45) is 11.8 Å². The van der Waals surface area contributed by atoms with Crippen LogP contribution in [-0.4, -0.2) is 25.3 Å². The summed E-state index contributed by atoms with van der Waals surface area (Å²) in [7, 11) is 0. The molecule has 1 N–H and O–H groups in total. The lowest BCUT2D eigenvalue weighted by Crippen LogP contribution is -2.42. The average Bonchev–Trinajstić information content (AvgIpc) is 2.91. The van der Waals surface area contributed by atoms with Crippen LogP contribution in [0.4, 0.5) is 0 Å². The van der Waals surface area contributed by atoms with Gasteiger partial charge < -0.3 is 10.1 Å². The first-order valence-corrected chi connectivity index (χ1v) is 6.61. The number of ether oxygens (including phenoxy) is 1. The van der Waals surface area contributed by atoms with Crippen LogP contribution >= 0.6 is 0 Å². The molecule has 2 fully saturated rings. The molecule has 0 aromatic carbocycles. The van der Waals surface area contributed by atoms with Crippen molar-refractivity contribution in [3.63, 3.8) is 0 Å². The minimum Gasteiger partial charge on any atom is -0.381 e. The summed E-state index contributed by atoms with van der Waals surface area (Å²) in [6.07, 6.45) is 6.99. The highest BCUT2D eigenvalue weighted by Gasteiger charge is 2.27. The summed E-state index contributed by atoms with van der Waals surface area (Å²) >= 11 is 0. The Hall–Kier alpha value is -0.0800. The quantitative estimate of drug-likeness (QED) is 0.771. The van der Waals surface area contributed by atoms with E-state index in [0.717, 1.165) is 25.0 Å². The molecule has 0 aromatic heterocycles. The van der Waals surface area contributed by atoms with Crippen LogP contribution in [0.5, 0.6) is 0 Å². The van der Waals surface area contributed by atoms with Gasteiger partial charge in [-0.05, 0) is 44.9 Å². The van der Waals surface area contributed by atoms with E-state index >= 15 is 0 Å². The van der Waals surface area contributed by atoms with Gasteiger partial charge in [-0.3, -0.25) is 0 Å². The molecule has 0 amide bonds. The fourth-order valence-corrected chi connectivity index (χ4v) is 3.09. The largest absolute Gasteiger partial charge is 0.381 e. The van der Waals surface area contributed by atoms with E-state index in [1.165, 1.54) is 32.1 Å². The Labute approximate surface area is 93.8 Å². The monoisotopic (exact) mass is 211 g/mol. The van der Waals surface area contributed by atoms with Gasteiger partial charge in [-0.25, -0.2) is 0 Å². The van der Waals surface area contributed by atoms with E-state index in [1.54, 1.807) is 0 Å². The highest BCUT2D eigenvalue weighted by molar-refractivity contribution is 4.83. The predicted molar refractivity (Wildman–Crippen MR) is 62.9 cm³/mol. The Morgan fingerprint density at radius 1 is 1.00 bits per heavy atom. The van der Waals surface area contributed by atoms with Crippen molar-refractivity contribution in [2.75, 3.05) is 13.2 Å². The second-order valence-corrected chi connectivity index (χ2v) is 5.41. The van der Waals surface area contributed by atoms with Crippen LogP contribution in [0.15, 0.2) is 0 Å². The van der Waals surface area contributed by atoms with Gasteiger partial charge in [0, 0.05) is 18.7 Å². The molecular weight excluding hydrogens is 186 g/mol. The molecule has 0 bridgehead atoms. The van der Waals surface area contributed by atoms with Crippen molar-refractivity contribution >= 4 is 0 Å². The molecule has 1 heterocycles. The summed E-state index contributed by atoms with van der Waals surface area (Å²) < 4.78 is 5.45. The van der Waals surface area contributed by atoms with Crippen LogP contribution in [0.3, 0.4) is 0 Å². The summed E-state index contributed by atoms with van der Waals surface area (Å²) in [5, 5.41) is 3.78. The minimum absolute atomic E-state index is 0.628. The highest BCUT2D eigenvalue weighted by atomic mass is 16.5. The van der Waals surface area contributed by atoms with Gasteiger partial charge in [0.2, 0.25) is 0 Å². The van der Waals surface area contributed by atoms with Gasteiger partial charge in [0.05, 0.1) is 6.61 Å². The van der Waals surface area contributed by atoms with Crippen LogP contribution in [-0.2, 0) is 4.74 Å². The summed E-state index contributed by atoms with van der Waals surface area (Å²) in [6.45, 7) is 6.62. The second-order valence-electron chi connectivity index (χ2n) is 5.41. The van der Waals surface area contributed by atoms with Crippen LogP contribution in [0, 0.1) is 11.8 Å². The molecule has 2 rings (SSSR count). The van der Waals surface area contributed by atoms with Crippen LogP contribution < -0.4 is 5.32 Å². The molecule has 88 valence electrons. The first-order chi connectivity index (χ1) is 7.27. The normalized spacial score (nSPS) is 32.0. The Morgan fingerprint density at radius 3 is 2.27 bits per heavy atom. The zero-order valence-corrected chi connectivity index (χ0v) is 10.2. The van der Waals surface area contributed by atoms with E-state index in [9.17, 15) is 0 Å². The fraction of sp³-hybridized carbons (Fsp3) is 1.00. The number of rotatable bonds is 4. The molecule has 1 saturated carbocycles. The Balaban J connectivity index is 1.74. The van der Waals surface area contributed by atoms with Crippen molar-refractivity contribution < 1.29 is 4.74 Å². The topological polar surface area (TPSA) is 21.3 Å². The van der Waals surface area contributed by atoms with Crippen molar-refractivity contribution in [3.05, 3.63) is 0 Å². The molecule has 2 aliphatic rings. The number of hydrogen-bond acceptors (Lipinski definition) is 2. The zero-order valence-electron chi connectivity index (χ0n) is 10.2.